The third-order valence-corrected chi connectivity index (χ3v) is 3.00. The number of rotatable bonds is 4. The zero-order chi connectivity index (χ0) is 13.0. The van der Waals surface area contributed by atoms with Crippen LogP contribution in [0.1, 0.15) is 11.1 Å². The average Bonchev–Trinajstić information content (AvgIpc) is 2.72. The summed E-state index contributed by atoms with van der Waals surface area (Å²) in [5, 5.41) is 3.39. The van der Waals surface area contributed by atoms with Gasteiger partial charge >= 0.3 is 0 Å². The first-order valence-electron chi connectivity index (χ1n) is 6.37. The first kappa shape index (κ1) is 16.2. The zero-order valence-corrected chi connectivity index (χ0v) is 14.2. The van der Waals surface area contributed by atoms with Crippen molar-refractivity contribution in [2.45, 2.75) is 13.1 Å². The highest BCUT2D eigenvalue weighted by Crippen LogP contribution is 2.07. The summed E-state index contributed by atoms with van der Waals surface area (Å²) in [5.74, 6) is 1.01. The van der Waals surface area contributed by atoms with Crippen LogP contribution in [0, 0.1) is 0 Å². The quantitative estimate of drug-likeness (QED) is 0.815. The highest BCUT2D eigenvalue weighted by molar-refractivity contribution is 14.0. The van der Waals surface area contributed by atoms with E-state index in [4.69, 9.17) is 0 Å². The van der Waals surface area contributed by atoms with Crippen molar-refractivity contribution in [3.63, 3.8) is 0 Å². The van der Waals surface area contributed by atoms with E-state index in [-0.39, 0.29) is 24.0 Å². The Bertz CT molecular complexity index is 431. The predicted molar refractivity (Wildman–Crippen MR) is 91.0 cm³/mol. The molecule has 0 aromatic heterocycles. The van der Waals surface area contributed by atoms with Crippen molar-refractivity contribution in [1.82, 2.24) is 15.1 Å². The summed E-state index contributed by atoms with van der Waals surface area (Å²) in [6, 6.07) is 8.70. The highest BCUT2D eigenvalue weighted by atomic mass is 127. The van der Waals surface area contributed by atoms with Crippen LogP contribution in [-0.4, -0.2) is 50.0 Å². The zero-order valence-electron chi connectivity index (χ0n) is 11.9. The molecule has 0 unspecified atom stereocenters. The molecular weight excluding hydrogens is 351 g/mol. The fraction of sp³-hybridized carbons (Fsp3) is 0.500. The molecule has 0 saturated carbocycles. The van der Waals surface area contributed by atoms with Gasteiger partial charge < -0.3 is 15.1 Å². The number of hydrogen-bond acceptors (Lipinski definition) is 4. The molecule has 2 rings (SSSR count). The minimum Gasteiger partial charge on any atom is -0.352 e. The maximum Gasteiger partial charge on any atom is 0.194 e. The third-order valence-electron chi connectivity index (χ3n) is 3.00. The van der Waals surface area contributed by atoms with E-state index < -0.39 is 0 Å². The van der Waals surface area contributed by atoms with Crippen LogP contribution in [0.3, 0.4) is 0 Å². The lowest BCUT2D eigenvalue weighted by Gasteiger charge is -2.16. The molecule has 0 spiro atoms. The summed E-state index contributed by atoms with van der Waals surface area (Å²) < 4.78 is 0. The molecule has 1 aromatic rings. The number of hydrogen-bond donors (Lipinski definition) is 1. The van der Waals surface area contributed by atoms with E-state index in [1.807, 2.05) is 0 Å². The largest absolute Gasteiger partial charge is 0.352 e. The topological polar surface area (TPSA) is 30.9 Å². The summed E-state index contributed by atoms with van der Waals surface area (Å²) in [7, 11) is 6.25. The molecule has 5 heteroatoms. The first-order chi connectivity index (χ1) is 8.65. The lowest BCUT2D eigenvalue weighted by atomic mass is 10.1. The molecule has 1 aromatic carbocycles. The van der Waals surface area contributed by atoms with Crippen molar-refractivity contribution in [2.24, 2.45) is 4.99 Å². The van der Waals surface area contributed by atoms with Crippen LogP contribution in [0.5, 0.6) is 0 Å². The van der Waals surface area contributed by atoms with Gasteiger partial charge in [0.15, 0.2) is 5.96 Å². The van der Waals surface area contributed by atoms with Crippen molar-refractivity contribution in [2.75, 3.05) is 34.2 Å². The Morgan fingerprint density at radius 1 is 1.32 bits per heavy atom. The van der Waals surface area contributed by atoms with Crippen LogP contribution in [0.15, 0.2) is 29.3 Å². The van der Waals surface area contributed by atoms with Gasteiger partial charge in [-0.2, -0.15) is 0 Å². The Balaban J connectivity index is 0.00000180. The summed E-state index contributed by atoms with van der Waals surface area (Å²) in [5.41, 5.74) is 2.65. The SMILES string of the molecule is CN(C)Cc1cccc(CNC2=NCCN2C)c1.I. The Morgan fingerprint density at radius 3 is 2.68 bits per heavy atom. The molecule has 1 N–H and O–H groups in total. The van der Waals surface area contributed by atoms with E-state index in [9.17, 15) is 0 Å². The van der Waals surface area contributed by atoms with E-state index in [0.717, 1.165) is 32.1 Å². The molecule has 19 heavy (non-hydrogen) atoms. The van der Waals surface area contributed by atoms with E-state index in [2.05, 4.69) is 65.5 Å². The van der Waals surface area contributed by atoms with Crippen molar-refractivity contribution in [3.8, 4) is 0 Å². The van der Waals surface area contributed by atoms with E-state index in [1.165, 1.54) is 11.1 Å². The van der Waals surface area contributed by atoms with Gasteiger partial charge in [0.05, 0.1) is 6.54 Å². The molecule has 0 fully saturated rings. The van der Waals surface area contributed by atoms with Crippen LogP contribution in [0.4, 0.5) is 0 Å². The standard InChI is InChI=1S/C14H22N4.HI/c1-17(2)11-13-6-4-5-12(9-13)10-16-14-15-7-8-18(14)3;/h4-6,9H,7-8,10-11H2,1-3H3,(H,15,16);1H. The number of nitrogens with zero attached hydrogens (tertiary/aromatic N) is 3. The Kier molecular flexibility index (Phi) is 6.57. The van der Waals surface area contributed by atoms with Crippen LogP contribution >= 0.6 is 24.0 Å². The second-order valence-corrected chi connectivity index (χ2v) is 5.04. The molecule has 4 nitrogen and oxygen atoms in total. The minimum atomic E-state index is 0. The molecule has 0 radical (unpaired) electrons. The van der Waals surface area contributed by atoms with Crippen molar-refractivity contribution in [3.05, 3.63) is 35.4 Å². The fourth-order valence-corrected chi connectivity index (χ4v) is 2.11. The predicted octanol–water partition coefficient (Wildman–Crippen LogP) is 1.76. The maximum absolute atomic E-state index is 4.43. The summed E-state index contributed by atoms with van der Waals surface area (Å²) in [4.78, 5) is 8.76. The molecular formula is C14H23IN4. The molecule has 106 valence electrons. The minimum absolute atomic E-state index is 0. The second-order valence-electron chi connectivity index (χ2n) is 5.04. The van der Waals surface area contributed by atoms with Crippen LogP contribution in [0.2, 0.25) is 0 Å². The molecule has 0 amide bonds. The molecule has 0 bridgehead atoms. The molecule has 0 aliphatic carbocycles. The molecule has 1 aliphatic rings. The van der Waals surface area contributed by atoms with Crippen LogP contribution < -0.4 is 5.32 Å². The van der Waals surface area contributed by atoms with Crippen molar-refractivity contribution < 1.29 is 0 Å². The molecule has 1 heterocycles. The van der Waals surface area contributed by atoms with E-state index in [0.29, 0.717) is 0 Å². The third kappa shape index (κ3) is 4.99. The van der Waals surface area contributed by atoms with Gasteiger partial charge in [0.1, 0.15) is 0 Å². The lowest BCUT2D eigenvalue weighted by Crippen LogP contribution is -2.35. The van der Waals surface area contributed by atoms with Gasteiger partial charge in [-0.05, 0) is 25.2 Å². The Labute approximate surface area is 132 Å². The van der Waals surface area contributed by atoms with E-state index >= 15 is 0 Å². The van der Waals surface area contributed by atoms with Gasteiger partial charge in [-0.15, -0.1) is 24.0 Å². The van der Waals surface area contributed by atoms with Crippen LogP contribution in [-0.2, 0) is 13.1 Å². The van der Waals surface area contributed by atoms with Gasteiger partial charge in [-0.3, -0.25) is 4.99 Å². The first-order valence-corrected chi connectivity index (χ1v) is 6.37. The molecule has 1 aliphatic heterocycles. The number of guanidine groups is 1. The van der Waals surface area contributed by atoms with E-state index in [1.54, 1.807) is 0 Å². The number of likely N-dealkylation sites (N-methyl/N-ethyl adjacent to an activating group) is 1. The summed E-state index contributed by atoms with van der Waals surface area (Å²) in [6.07, 6.45) is 0. The summed E-state index contributed by atoms with van der Waals surface area (Å²) >= 11 is 0. The van der Waals surface area contributed by atoms with Gasteiger partial charge in [-0.25, -0.2) is 0 Å². The van der Waals surface area contributed by atoms with Gasteiger partial charge in [0, 0.05) is 26.7 Å². The normalized spacial score (nSPS) is 14.3. The second kappa shape index (κ2) is 7.69. The number of halogens is 1. The number of nitrogens with one attached hydrogen (secondary N) is 1. The molecule has 0 saturated heterocycles. The van der Waals surface area contributed by atoms with Gasteiger partial charge in [0.25, 0.3) is 0 Å². The van der Waals surface area contributed by atoms with Gasteiger partial charge in [-0.1, -0.05) is 24.3 Å². The molecule has 0 atom stereocenters. The van der Waals surface area contributed by atoms with Gasteiger partial charge in [0.2, 0.25) is 0 Å². The number of aliphatic imine (C=N–C) groups is 1. The lowest BCUT2D eigenvalue weighted by molar-refractivity contribution is 0.402. The highest BCUT2D eigenvalue weighted by Gasteiger charge is 2.11. The van der Waals surface area contributed by atoms with Crippen molar-refractivity contribution in [1.29, 1.82) is 0 Å². The maximum atomic E-state index is 4.43. The monoisotopic (exact) mass is 374 g/mol. The fourth-order valence-electron chi connectivity index (χ4n) is 2.11. The smallest absolute Gasteiger partial charge is 0.194 e. The van der Waals surface area contributed by atoms with Crippen LogP contribution in [0.25, 0.3) is 0 Å². The number of benzene rings is 1. The Hall–Kier alpha value is -0.820. The van der Waals surface area contributed by atoms with Crippen molar-refractivity contribution >= 4 is 29.9 Å². The Morgan fingerprint density at radius 2 is 2.05 bits per heavy atom. The summed E-state index contributed by atoms with van der Waals surface area (Å²) in [6.45, 7) is 3.74. The average molecular weight is 374 g/mol.